The highest BCUT2D eigenvalue weighted by atomic mass is 32.1. The van der Waals surface area contributed by atoms with E-state index in [0.29, 0.717) is 5.01 Å². The number of amides is 1. The topological polar surface area (TPSA) is 45.2 Å². The quantitative estimate of drug-likeness (QED) is 0.943. The molecule has 1 aromatic heterocycles. The number of thiazole rings is 1. The van der Waals surface area contributed by atoms with E-state index in [1.807, 2.05) is 0 Å². The van der Waals surface area contributed by atoms with Crippen molar-refractivity contribution in [1.29, 1.82) is 0 Å². The molecule has 3 atom stereocenters. The highest BCUT2D eigenvalue weighted by Crippen LogP contribution is 2.28. The van der Waals surface area contributed by atoms with Gasteiger partial charge in [0, 0.05) is 25.3 Å². The largest absolute Gasteiger partial charge is 0.346 e. The van der Waals surface area contributed by atoms with Crippen molar-refractivity contribution in [3.8, 4) is 10.4 Å². The molecular formula is C18H21N3OS. The predicted molar refractivity (Wildman–Crippen MR) is 92.7 cm³/mol. The number of hydrogen-bond donors (Lipinski definition) is 1. The summed E-state index contributed by atoms with van der Waals surface area (Å²) in [6.07, 6.45) is 4.19. The SMILES string of the molecule is Cc1ccc(-c2cnc(C(=O)N[C@H]3C[C@H]4CCN(C4)C3)s2)cc1. The molecular weight excluding hydrogens is 306 g/mol. The number of nitrogens with zero attached hydrogens (tertiary/aromatic N) is 2. The minimum absolute atomic E-state index is 0.0270. The number of rotatable bonds is 3. The number of piperidine rings is 1. The average molecular weight is 327 g/mol. The molecule has 1 N–H and O–H groups in total. The van der Waals surface area contributed by atoms with Crippen LogP contribution in [0.2, 0.25) is 0 Å². The fourth-order valence-corrected chi connectivity index (χ4v) is 4.47. The second kappa shape index (κ2) is 6.06. The Morgan fingerprint density at radius 2 is 2.13 bits per heavy atom. The predicted octanol–water partition coefficient (Wildman–Crippen LogP) is 2.94. The molecule has 23 heavy (non-hydrogen) atoms. The minimum atomic E-state index is -0.0270. The minimum Gasteiger partial charge on any atom is -0.346 e. The van der Waals surface area contributed by atoms with E-state index in [0.717, 1.165) is 29.3 Å². The standard InChI is InChI=1S/C18H21N3OS/c1-12-2-4-14(5-3-12)16-9-19-18(23-16)17(22)20-15-8-13-6-7-21(10-13)11-15/h2-5,9,13,15H,6-8,10-11H2,1H3,(H,20,22)/t13-,15+/m1/s1. The molecule has 4 nitrogen and oxygen atoms in total. The second-order valence-corrected chi connectivity index (χ2v) is 7.75. The first-order chi connectivity index (χ1) is 11.2. The Bertz CT molecular complexity index is 697. The first-order valence-corrected chi connectivity index (χ1v) is 9.05. The Labute approximate surface area is 140 Å². The molecule has 0 saturated carbocycles. The number of aryl methyl sites for hydroxylation is 1. The lowest BCUT2D eigenvalue weighted by Crippen LogP contribution is -2.46. The van der Waals surface area contributed by atoms with Crippen molar-refractivity contribution >= 4 is 17.2 Å². The number of aromatic nitrogens is 1. The first-order valence-electron chi connectivity index (χ1n) is 8.23. The number of hydrogen-bond acceptors (Lipinski definition) is 4. The van der Waals surface area contributed by atoms with E-state index in [1.54, 1.807) is 6.20 Å². The van der Waals surface area contributed by atoms with E-state index < -0.39 is 0 Å². The molecule has 3 heterocycles. The van der Waals surface area contributed by atoms with E-state index in [-0.39, 0.29) is 11.9 Å². The van der Waals surface area contributed by atoms with E-state index in [1.165, 1.54) is 36.4 Å². The monoisotopic (exact) mass is 327 g/mol. The summed E-state index contributed by atoms with van der Waals surface area (Å²) < 4.78 is 0. The van der Waals surface area contributed by atoms with Gasteiger partial charge in [0.2, 0.25) is 0 Å². The molecule has 5 heteroatoms. The summed E-state index contributed by atoms with van der Waals surface area (Å²) in [7, 11) is 0. The Kier molecular flexibility index (Phi) is 3.91. The van der Waals surface area contributed by atoms with Gasteiger partial charge in [-0.2, -0.15) is 0 Å². The zero-order chi connectivity index (χ0) is 15.8. The molecule has 2 aliphatic rings. The summed E-state index contributed by atoms with van der Waals surface area (Å²) in [6, 6.07) is 8.60. The van der Waals surface area contributed by atoms with Crippen molar-refractivity contribution < 1.29 is 4.79 Å². The maximum Gasteiger partial charge on any atom is 0.280 e. The molecule has 2 fully saturated rings. The van der Waals surface area contributed by atoms with Gasteiger partial charge in [0.15, 0.2) is 5.01 Å². The number of fused-ring (bicyclic) bond motifs is 2. The molecule has 0 spiro atoms. The van der Waals surface area contributed by atoms with Gasteiger partial charge in [0.05, 0.1) is 4.88 Å². The normalized spacial score (nSPS) is 26.2. The fourth-order valence-electron chi connectivity index (χ4n) is 3.64. The molecule has 2 aromatic rings. The Hall–Kier alpha value is -1.72. The fraction of sp³-hybridized carbons (Fsp3) is 0.444. The van der Waals surface area contributed by atoms with Crippen LogP contribution in [0.3, 0.4) is 0 Å². The first kappa shape index (κ1) is 14.8. The van der Waals surface area contributed by atoms with Crippen molar-refractivity contribution in [2.75, 3.05) is 19.6 Å². The van der Waals surface area contributed by atoms with Gasteiger partial charge >= 0.3 is 0 Å². The maximum atomic E-state index is 12.5. The molecule has 4 rings (SSSR count). The van der Waals surface area contributed by atoms with Crippen LogP contribution in [0.5, 0.6) is 0 Å². The van der Waals surface area contributed by atoms with Crippen LogP contribution in [0, 0.1) is 12.8 Å². The van der Waals surface area contributed by atoms with Crippen molar-refractivity contribution in [3.63, 3.8) is 0 Å². The number of carbonyl (C=O) groups excluding carboxylic acids is 1. The zero-order valence-corrected chi connectivity index (χ0v) is 14.1. The molecule has 2 aliphatic heterocycles. The van der Waals surface area contributed by atoms with Crippen LogP contribution in [0.1, 0.15) is 28.2 Å². The highest BCUT2D eigenvalue weighted by Gasteiger charge is 2.33. The Morgan fingerprint density at radius 3 is 2.91 bits per heavy atom. The Balaban J connectivity index is 1.44. The lowest BCUT2D eigenvalue weighted by atomic mass is 9.97. The van der Waals surface area contributed by atoms with Gasteiger partial charge in [0.25, 0.3) is 5.91 Å². The van der Waals surface area contributed by atoms with Crippen LogP contribution in [-0.4, -0.2) is 41.5 Å². The van der Waals surface area contributed by atoms with Gasteiger partial charge in [-0.05, 0) is 37.8 Å². The van der Waals surface area contributed by atoms with E-state index >= 15 is 0 Å². The highest BCUT2D eigenvalue weighted by molar-refractivity contribution is 7.16. The summed E-state index contributed by atoms with van der Waals surface area (Å²) in [5, 5.41) is 3.74. The smallest absolute Gasteiger partial charge is 0.280 e. The summed E-state index contributed by atoms with van der Waals surface area (Å²) in [5.74, 6) is 0.731. The van der Waals surface area contributed by atoms with Crippen molar-refractivity contribution in [2.24, 2.45) is 5.92 Å². The van der Waals surface area contributed by atoms with Crippen molar-refractivity contribution in [3.05, 3.63) is 41.0 Å². The van der Waals surface area contributed by atoms with Gasteiger partial charge in [-0.1, -0.05) is 29.8 Å². The molecule has 2 bridgehead atoms. The van der Waals surface area contributed by atoms with E-state index in [2.05, 4.69) is 46.4 Å². The van der Waals surface area contributed by atoms with Crippen LogP contribution >= 0.6 is 11.3 Å². The third kappa shape index (κ3) is 3.16. The van der Waals surface area contributed by atoms with Gasteiger partial charge in [-0.15, -0.1) is 11.3 Å². The lowest BCUT2D eigenvalue weighted by Gasteiger charge is -2.30. The average Bonchev–Trinajstić information content (AvgIpc) is 3.15. The Morgan fingerprint density at radius 1 is 1.30 bits per heavy atom. The number of benzene rings is 1. The molecule has 120 valence electrons. The van der Waals surface area contributed by atoms with Crippen LogP contribution in [0.25, 0.3) is 10.4 Å². The maximum absolute atomic E-state index is 12.5. The molecule has 1 aromatic carbocycles. The van der Waals surface area contributed by atoms with Crippen molar-refractivity contribution in [2.45, 2.75) is 25.8 Å². The van der Waals surface area contributed by atoms with Crippen molar-refractivity contribution in [1.82, 2.24) is 15.2 Å². The van der Waals surface area contributed by atoms with Crippen LogP contribution < -0.4 is 5.32 Å². The zero-order valence-electron chi connectivity index (χ0n) is 13.3. The third-order valence-electron chi connectivity index (χ3n) is 4.84. The number of carbonyl (C=O) groups is 1. The third-order valence-corrected chi connectivity index (χ3v) is 5.88. The van der Waals surface area contributed by atoms with Gasteiger partial charge in [-0.3, -0.25) is 4.79 Å². The second-order valence-electron chi connectivity index (χ2n) is 6.72. The van der Waals surface area contributed by atoms with Crippen LogP contribution in [0.4, 0.5) is 0 Å². The van der Waals surface area contributed by atoms with Crippen LogP contribution in [-0.2, 0) is 0 Å². The molecule has 2 saturated heterocycles. The van der Waals surface area contributed by atoms with Gasteiger partial charge in [-0.25, -0.2) is 4.98 Å². The lowest BCUT2D eigenvalue weighted by molar-refractivity contribution is 0.0909. The van der Waals surface area contributed by atoms with Gasteiger partial charge in [0.1, 0.15) is 0 Å². The van der Waals surface area contributed by atoms with E-state index in [9.17, 15) is 4.79 Å². The van der Waals surface area contributed by atoms with Gasteiger partial charge < -0.3 is 10.2 Å². The number of nitrogens with one attached hydrogen (secondary N) is 1. The summed E-state index contributed by atoms with van der Waals surface area (Å²) >= 11 is 1.47. The summed E-state index contributed by atoms with van der Waals surface area (Å²) in [5.41, 5.74) is 2.35. The molecule has 0 radical (unpaired) electrons. The molecule has 0 aliphatic carbocycles. The summed E-state index contributed by atoms with van der Waals surface area (Å²) in [4.78, 5) is 20.3. The molecule has 1 amide bonds. The van der Waals surface area contributed by atoms with Crippen LogP contribution in [0.15, 0.2) is 30.5 Å². The molecule has 1 unspecified atom stereocenters. The van der Waals surface area contributed by atoms with E-state index in [4.69, 9.17) is 0 Å². The summed E-state index contributed by atoms with van der Waals surface area (Å²) in [6.45, 7) is 5.45.